The summed E-state index contributed by atoms with van der Waals surface area (Å²) in [6, 6.07) is 0. The van der Waals surface area contributed by atoms with E-state index in [1.165, 1.54) is 0 Å². The first kappa shape index (κ1) is 22.9. The van der Waals surface area contributed by atoms with Gasteiger partial charge in [0.05, 0.1) is 0 Å². The monoisotopic (exact) mass is 460 g/mol. The SMILES string of the molecule is C[C@@H]1[C@@H](O[C@H]2O[C@@H](C(=O)O)[C@H](O)[C@@H](O)[C@@H]2O)O[C@@H]2O[C@@]3(C)CC[C@@H]4[C@H](C)CC[C@@H]1[C@@]24OO3. The molecule has 0 aromatic heterocycles. The van der Waals surface area contributed by atoms with Gasteiger partial charge < -0.3 is 39.4 Å². The molecule has 5 aliphatic heterocycles. The van der Waals surface area contributed by atoms with Gasteiger partial charge >= 0.3 is 5.97 Å². The van der Waals surface area contributed by atoms with E-state index >= 15 is 0 Å². The number of fused-ring (bicyclic) bond motifs is 2. The van der Waals surface area contributed by atoms with Crippen LogP contribution in [-0.2, 0) is 33.5 Å². The van der Waals surface area contributed by atoms with E-state index in [4.69, 9.17) is 28.7 Å². The number of ether oxygens (including phenoxy) is 4. The lowest BCUT2D eigenvalue weighted by molar-refractivity contribution is -0.579. The average Bonchev–Trinajstić information content (AvgIpc) is 2.97. The van der Waals surface area contributed by atoms with Crippen molar-refractivity contribution in [3.63, 3.8) is 0 Å². The highest BCUT2D eigenvalue weighted by Gasteiger charge is 2.69. The van der Waals surface area contributed by atoms with Crippen molar-refractivity contribution >= 4 is 5.97 Å². The van der Waals surface area contributed by atoms with E-state index < -0.39 is 60.6 Å². The maximum Gasteiger partial charge on any atom is 0.335 e. The maximum absolute atomic E-state index is 11.4. The minimum absolute atomic E-state index is 0.0402. The molecule has 1 spiro atoms. The Labute approximate surface area is 185 Å². The second-order valence-corrected chi connectivity index (χ2v) is 10.1. The number of carboxylic acid groups (broad SMARTS) is 1. The molecule has 6 fully saturated rings. The minimum Gasteiger partial charge on any atom is -0.479 e. The first-order valence-electron chi connectivity index (χ1n) is 11.4. The van der Waals surface area contributed by atoms with E-state index in [1.54, 1.807) is 6.92 Å². The van der Waals surface area contributed by atoms with Gasteiger partial charge in [0.1, 0.15) is 18.3 Å². The highest BCUT2D eigenvalue weighted by Crippen LogP contribution is 2.60. The number of hydrogen-bond acceptors (Lipinski definition) is 10. The van der Waals surface area contributed by atoms with Crippen LogP contribution in [-0.4, -0.2) is 81.1 Å². The van der Waals surface area contributed by atoms with Crippen LogP contribution in [0.3, 0.4) is 0 Å². The summed E-state index contributed by atoms with van der Waals surface area (Å²) in [7, 11) is 0. The summed E-state index contributed by atoms with van der Waals surface area (Å²) < 4.78 is 23.7. The van der Waals surface area contributed by atoms with Gasteiger partial charge in [0.15, 0.2) is 30.6 Å². The number of aliphatic hydroxyl groups is 3. The second kappa shape index (κ2) is 7.82. The summed E-state index contributed by atoms with van der Waals surface area (Å²) in [4.78, 5) is 23.2. The second-order valence-electron chi connectivity index (χ2n) is 10.1. The van der Waals surface area contributed by atoms with Gasteiger partial charge in [-0.15, -0.1) is 0 Å². The standard InChI is InChI=1S/C21H32O11/c1-8-4-5-11-9(2)17(28-18-14(24)12(22)13(23)15(27-18)16(25)26)29-19-21(11)10(8)6-7-20(3,30-19)31-32-21/h8-15,17-19,22-24H,4-7H2,1-3H3,(H,25,26)/t8-,9+,10-,11+,12-,13-,14+,15-,17+,18-,19-,20-,21-/m1/s1. The third kappa shape index (κ3) is 3.25. The van der Waals surface area contributed by atoms with Crippen molar-refractivity contribution in [2.45, 2.75) is 101 Å². The van der Waals surface area contributed by atoms with Crippen LogP contribution in [0.5, 0.6) is 0 Å². The third-order valence-electron chi connectivity index (χ3n) is 8.18. The highest BCUT2D eigenvalue weighted by molar-refractivity contribution is 5.73. The third-order valence-corrected chi connectivity index (χ3v) is 8.18. The van der Waals surface area contributed by atoms with Crippen molar-refractivity contribution in [1.82, 2.24) is 0 Å². The molecule has 6 aliphatic rings. The predicted octanol–water partition coefficient (Wildman–Crippen LogP) is 0.103. The van der Waals surface area contributed by atoms with Crippen molar-refractivity contribution in [3.8, 4) is 0 Å². The number of rotatable bonds is 3. The molecule has 11 nitrogen and oxygen atoms in total. The lowest BCUT2D eigenvalue weighted by Crippen LogP contribution is -2.71. The van der Waals surface area contributed by atoms with E-state index in [0.717, 1.165) is 19.3 Å². The van der Waals surface area contributed by atoms with Gasteiger partial charge in [0, 0.05) is 18.3 Å². The molecule has 182 valence electrons. The summed E-state index contributed by atoms with van der Waals surface area (Å²) in [6.07, 6.45) is -6.80. The zero-order valence-corrected chi connectivity index (χ0v) is 18.3. The largest absolute Gasteiger partial charge is 0.479 e. The highest BCUT2D eigenvalue weighted by atomic mass is 17.3. The molecule has 2 bridgehead atoms. The Morgan fingerprint density at radius 3 is 2.41 bits per heavy atom. The predicted molar refractivity (Wildman–Crippen MR) is 102 cm³/mol. The van der Waals surface area contributed by atoms with Crippen LogP contribution in [0.1, 0.15) is 46.5 Å². The normalized spacial score (nSPS) is 57.5. The van der Waals surface area contributed by atoms with Gasteiger partial charge in [0.2, 0.25) is 5.79 Å². The molecule has 0 radical (unpaired) electrons. The van der Waals surface area contributed by atoms with E-state index in [9.17, 15) is 25.2 Å². The molecule has 0 amide bonds. The molecular formula is C21H32O11. The Balaban J connectivity index is 1.41. The van der Waals surface area contributed by atoms with Crippen LogP contribution in [0.25, 0.3) is 0 Å². The summed E-state index contributed by atoms with van der Waals surface area (Å²) in [5.41, 5.74) is -0.793. The molecule has 0 aromatic rings. The molecule has 5 heterocycles. The molecule has 1 saturated carbocycles. The Morgan fingerprint density at radius 2 is 1.69 bits per heavy atom. The van der Waals surface area contributed by atoms with E-state index in [2.05, 4.69) is 6.92 Å². The topological polar surface area (TPSA) is 153 Å². The molecule has 32 heavy (non-hydrogen) atoms. The summed E-state index contributed by atoms with van der Waals surface area (Å²) in [5.74, 6) is -2.14. The van der Waals surface area contributed by atoms with Gasteiger partial charge in [0.25, 0.3) is 0 Å². The molecule has 13 atom stereocenters. The zero-order valence-electron chi connectivity index (χ0n) is 18.3. The van der Waals surface area contributed by atoms with E-state index in [0.29, 0.717) is 12.3 Å². The first-order chi connectivity index (χ1) is 15.1. The van der Waals surface area contributed by atoms with Crippen molar-refractivity contribution in [2.24, 2.45) is 23.7 Å². The number of aliphatic hydroxyl groups excluding tert-OH is 3. The van der Waals surface area contributed by atoms with Crippen LogP contribution in [0.15, 0.2) is 0 Å². The van der Waals surface area contributed by atoms with Gasteiger partial charge in [-0.25, -0.2) is 14.6 Å². The Kier molecular flexibility index (Phi) is 5.59. The molecular weight excluding hydrogens is 428 g/mol. The maximum atomic E-state index is 11.4. The van der Waals surface area contributed by atoms with Gasteiger partial charge in [-0.2, -0.15) is 0 Å². The molecule has 5 saturated heterocycles. The van der Waals surface area contributed by atoms with Crippen molar-refractivity contribution < 1.29 is 53.9 Å². The fraction of sp³-hybridized carbons (Fsp3) is 0.952. The zero-order chi connectivity index (χ0) is 23.0. The molecule has 6 rings (SSSR count). The minimum atomic E-state index is -1.79. The van der Waals surface area contributed by atoms with E-state index in [1.807, 2.05) is 6.92 Å². The first-order valence-corrected chi connectivity index (χ1v) is 11.4. The lowest BCUT2D eigenvalue weighted by atomic mass is 9.58. The summed E-state index contributed by atoms with van der Waals surface area (Å²) in [5, 5.41) is 39.7. The molecule has 4 N–H and O–H groups in total. The van der Waals surface area contributed by atoms with Crippen molar-refractivity contribution in [2.75, 3.05) is 0 Å². The summed E-state index contributed by atoms with van der Waals surface area (Å²) >= 11 is 0. The van der Waals surface area contributed by atoms with Crippen molar-refractivity contribution in [3.05, 3.63) is 0 Å². The Bertz CT molecular complexity index is 749. The molecule has 11 heteroatoms. The van der Waals surface area contributed by atoms with Crippen LogP contribution in [0, 0.1) is 23.7 Å². The fourth-order valence-electron chi connectivity index (χ4n) is 6.32. The van der Waals surface area contributed by atoms with Crippen LogP contribution in [0.4, 0.5) is 0 Å². The Hall–Kier alpha value is -0.890. The quantitative estimate of drug-likeness (QED) is 0.424. The number of carbonyl (C=O) groups is 1. The number of hydrogen-bond donors (Lipinski definition) is 4. The van der Waals surface area contributed by atoms with Crippen molar-refractivity contribution in [1.29, 1.82) is 0 Å². The van der Waals surface area contributed by atoms with Crippen LogP contribution in [0.2, 0.25) is 0 Å². The lowest BCUT2D eigenvalue weighted by Gasteiger charge is -2.60. The van der Waals surface area contributed by atoms with Gasteiger partial charge in [-0.3, -0.25) is 0 Å². The van der Waals surface area contributed by atoms with Crippen LogP contribution >= 0.6 is 0 Å². The smallest absolute Gasteiger partial charge is 0.335 e. The summed E-state index contributed by atoms with van der Waals surface area (Å²) in [6.45, 7) is 5.94. The molecule has 0 unspecified atom stereocenters. The van der Waals surface area contributed by atoms with Crippen LogP contribution < -0.4 is 0 Å². The Morgan fingerprint density at radius 1 is 0.938 bits per heavy atom. The molecule has 1 aliphatic carbocycles. The van der Waals surface area contributed by atoms with E-state index in [-0.39, 0.29) is 17.8 Å². The average molecular weight is 460 g/mol. The number of aliphatic carboxylic acids is 1. The fourth-order valence-corrected chi connectivity index (χ4v) is 6.32. The van der Waals surface area contributed by atoms with Gasteiger partial charge in [-0.05, 0) is 38.0 Å². The number of carboxylic acids is 1. The molecule has 0 aromatic carbocycles. The van der Waals surface area contributed by atoms with Gasteiger partial charge in [-0.1, -0.05) is 13.8 Å².